The van der Waals surface area contributed by atoms with Gasteiger partial charge in [0.05, 0.1) is 12.6 Å². The van der Waals surface area contributed by atoms with Crippen LogP contribution in [0.15, 0.2) is 10.9 Å². The van der Waals surface area contributed by atoms with Crippen LogP contribution in [0.3, 0.4) is 0 Å². The first kappa shape index (κ1) is 11.6. The average Bonchev–Trinajstić information content (AvgIpc) is 2.29. The molecule has 1 aromatic heterocycles. The lowest BCUT2D eigenvalue weighted by atomic mass is 10.3. The fourth-order valence-electron chi connectivity index (χ4n) is 1.96. The molecule has 0 aliphatic carbocycles. The molecular weight excluding hydrogens is 218 g/mol. The highest BCUT2D eigenvalue weighted by Crippen LogP contribution is 2.11. The molecule has 6 nitrogen and oxygen atoms in total. The molecule has 2 heterocycles. The number of nitrogens with zero attached hydrogens (tertiary/aromatic N) is 4. The number of nitriles is 1. The first-order valence-corrected chi connectivity index (χ1v) is 5.61. The Morgan fingerprint density at radius 2 is 2.18 bits per heavy atom. The SMILES string of the molecule is Cc1nc(N2CCN(CC#N)CC2)cc(=O)[nH]1. The number of hydrogen-bond donors (Lipinski definition) is 1. The van der Waals surface area contributed by atoms with Gasteiger partial charge >= 0.3 is 0 Å². The lowest BCUT2D eigenvalue weighted by Crippen LogP contribution is -2.47. The van der Waals surface area contributed by atoms with Crippen molar-refractivity contribution in [3.8, 4) is 6.07 Å². The van der Waals surface area contributed by atoms with Crippen molar-refractivity contribution in [2.45, 2.75) is 6.92 Å². The molecule has 0 bridgehead atoms. The van der Waals surface area contributed by atoms with Crippen molar-refractivity contribution in [1.29, 1.82) is 5.26 Å². The zero-order valence-electron chi connectivity index (χ0n) is 9.81. The van der Waals surface area contributed by atoms with Crippen LogP contribution in [0.2, 0.25) is 0 Å². The second-order valence-electron chi connectivity index (χ2n) is 4.11. The monoisotopic (exact) mass is 233 g/mol. The molecule has 0 unspecified atom stereocenters. The van der Waals surface area contributed by atoms with E-state index in [9.17, 15) is 4.79 Å². The van der Waals surface area contributed by atoms with Gasteiger partial charge in [0.1, 0.15) is 11.6 Å². The average molecular weight is 233 g/mol. The number of hydrogen-bond acceptors (Lipinski definition) is 5. The van der Waals surface area contributed by atoms with Crippen molar-refractivity contribution in [2.24, 2.45) is 0 Å². The Morgan fingerprint density at radius 3 is 2.76 bits per heavy atom. The summed E-state index contributed by atoms with van der Waals surface area (Å²) in [6, 6.07) is 3.67. The summed E-state index contributed by atoms with van der Waals surface area (Å²) < 4.78 is 0. The van der Waals surface area contributed by atoms with E-state index in [-0.39, 0.29) is 5.56 Å². The van der Waals surface area contributed by atoms with Crippen LogP contribution in [0.5, 0.6) is 0 Å². The molecule has 17 heavy (non-hydrogen) atoms. The summed E-state index contributed by atoms with van der Waals surface area (Å²) in [5, 5.41) is 8.61. The Kier molecular flexibility index (Phi) is 3.40. The number of nitrogens with one attached hydrogen (secondary N) is 1. The van der Waals surface area contributed by atoms with Crippen molar-refractivity contribution < 1.29 is 0 Å². The van der Waals surface area contributed by atoms with Gasteiger partial charge in [0.25, 0.3) is 5.56 Å². The van der Waals surface area contributed by atoms with E-state index in [4.69, 9.17) is 5.26 Å². The number of aryl methyl sites for hydroxylation is 1. The molecule has 0 saturated carbocycles. The van der Waals surface area contributed by atoms with Gasteiger partial charge in [-0.25, -0.2) is 4.98 Å². The van der Waals surface area contributed by atoms with Crippen LogP contribution in [0, 0.1) is 18.3 Å². The molecule has 6 heteroatoms. The van der Waals surface area contributed by atoms with Gasteiger partial charge < -0.3 is 9.88 Å². The zero-order valence-corrected chi connectivity index (χ0v) is 9.81. The van der Waals surface area contributed by atoms with E-state index < -0.39 is 0 Å². The minimum absolute atomic E-state index is 0.119. The molecule has 1 saturated heterocycles. The molecule has 1 aromatic rings. The van der Waals surface area contributed by atoms with E-state index in [1.807, 2.05) is 0 Å². The van der Waals surface area contributed by atoms with Crippen LogP contribution >= 0.6 is 0 Å². The Hall–Kier alpha value is -1.87. The summed E-state index contributed by atoms with van der Waals surface area (Å²) in [6.07, 6.45) is 0. The summed E-state index contributed by atoms with van der Waals surface area (Å²) in [5.74, 6) is 1.36. The molecule has 0 radical (unpaired) electrons. The Bertz CT molecular complexity index is 481. The number of H-pyrrole nitrogens is 1. The highest BCUT2D eigenvalue weighted by Gasteiger charge is 2.17. The van der Waals surface area contributed by atoms with Gasteiger partial charge in [-0.2, -0.15) is 5.26 Å². The largest absolute Gasteiger partial charge is 0.354 e. The van der Waals surface area contributed by atoms with Crippen LogP contribution in [0.1, 0.15) is 5.82 Å². The van der Waals surface area contributed by atoms with Gasteiger partial charge in [-0.15, -0.1) is 0 Å². The highest BCUT2D eigenvalue weighted by atomic mass is 16.1. The Labute approximate surface area is 99.5 Å². The van der Waals surface area contributed by atoms with Gasteiger partial charge in [-0.3, -0.25) is 9.69 Å². The second kappa shape index (κ2) is 4.97. The van der Waals surface area contributed by atoms with E-state index in [1.54, 1.807) is 6.92 Å². The number of aromatic amines is 1. The smallest absolute Gasteiger partial charge is 0.252 e. The standard InChI is InChI=1S/C11H15N5O/c1-9-13-10(8-11(17)14-9)16-6-4-15(3-2-12)5-7-16/h8H,3-7H2,1H3,(H,13,14,17). The molecule has 1 aliphatic rings. The van der Waals surface area contributed by atoms with Crippen LogP contribution < -0.4 is 10.5 Å². The van der Waals surface area contributed by atoms with E-state index in [0.717, 1.165) is 32.0 Å². The molecule has 1 N–H and O–H groups in total. The molecule has 2 rings (SSSR count). The van der Waals surface area contributed by atoms with Crippen molar-refractivity contribution in [1.82, 2.24) is 14.9 Å². The van der Waals surface area contributed by atoms with E-state index in [0.29, 0.717) is 12.4 Å². The van der Waals surface area contributed by atoms with Gasteiger partial charge in [0.15, 0.2) is 0 Å². The van der Waals surface area contributed by atoms with Crippen LogP contribution in [-0.2, 0) is 0 Å². The lowest BCUT2D eigenvalue weighted by Gasteiger charge is -2.34. The van der Waals surface area contributed by atoms with Crippen molar-refractivity contribution >= 4 is 5.82 Å². The Balaban J connectivity index is 2.05. The third-order valence-electron chi connectivity index (χ3n) is 2.84. The van der Waals surface area contributed by atoms with Gasteiger partial charge in [0, 0.05) is 32.2 Å². The minimum Gasteiger partial charge on any atom is -0.354 e. The predicted molar refractivity (Wildman–Crippen MR) is 63.9 cm³/mol. The van der Waals surface area contributed by atoms with Crippen LogP contribution in [0.25, 0.3) is 0 Å². The van der Waals surface area contributed by atoms with Gasteiger partial charge in [-0.05, 0) is 6.92 Å². The first-order valence-electron chi connectivity index (χ1n) is 5.61. The van der Waals surface area contributed by atoms with E-state index in [2.05, 4.69) is 25.8 Å². The molecule has 1 aliphatic heterocycles. The fourth-order valence-corrected chi connectivity index (χ4v) is 1.96. The molecule has 0 atom stereocenters. The maximum atomic E-state index is 11.3. The molecule has 90 valence electrons. The van der Waals surface area contributed by atoms with Crippen LogP contribution in [-0.4, -0.2) is 47.6 Å². The number of rotatable bonds is 2. The summed E-state index contributed by atoms with van der Waals surface area (Å²) in [7, 11) is 0. The normalized spacial score (nSPS) is 16.8. The summed E-state index contributed by atoms with van der Waals surface area (Å²) in [5.41, 5.74) is -0.119. The minimum atomic E-state index is -0.119. The third kappa shape index (κ3) is 2.82. The van der Waals surface area contributed by atoms with Crippen molar-refractivity contribution in [3.63, 3.8) is 0 Å². The third-order valence-corrected chi connectivity index (χ3v) is 2.84. The predicted octanol–water partition coefficient (Wildman–Crippen LogP) is -0.276. The maximum Gasteiger partial charge on any atom is 0.252 e. The van der Waals surface area contributed by atoms with Gasteiger partial charge in [-0.1, -0.05) is 0 Å². The van der Waals surface area contributed by atoms with Gasteiger partial charge in [0.2, 0.25) is 0 Å². The summed E-state index contributed by atoms with van der Waals surface area (Å²) in [4.78, 5) is 22.5. The Morgan fingerprint density at radius 1 is 1.47 bits per heavy atom. The van der Waals surface area contributed by atoms with E-state index in [1.165, 1.54) is 6.07 Å². The molecule has 0 aromatic carbocycles. The fraction of sp³-hybridized carbons (Fsp3) is 0.545. The number of piperazine rings is 1. The molecule has 0 spiro atoms. The number of anilines is 1. The topological polar surface area (TPSA) is 76.0 Å². The summed E-state index contributed by atoms with van der Waals surface area (Å²) in [6.45, 7) is 5.52. The molecule has 1 fully saturated rings. The quantitative estimate of drug-likeness (QED) is 0.711. The zero-order chi connectivity index (χ0) is 12.3. The number of aromatic nitrogens is 2. The lowest BCUT2D eigenvalue weighted by molar-refractivity contribution is 0.286. The van der Waals surface area contributed by atoms with Crippen molar-refractivity contribution in [2.75, 3.05) is 37.6 Å². The second-order valence-corrected chi connectivity index (χ2v) is 4.11. The highest BCUT2D eigenvalue weighted by molar-refractivity contribution is 5.38. The van der Waals surface area contributed by atoms with Crippen LogP contribution in [0.4, 0.5) is 5.82 Å². The molecular formula is C11H15N5O. The van der Waals surface area contributed by atoms with Crippen molar-refractivity contribution in [3.05, 3.63) is 22.2 Å². The maximum absolute atomic E-state index is 11.3. The van der Waals surface area contributed by atoms with E-state index >= 15 is 0 Å². The summed E-state index contributed by atoms with van der Waals surface area (Å²) >= 11 is 0. The first-order chi connectivity index (χ1) is 8.19. The molecule has 0 amide bonds.